The summed E-state index contributed by atoms with van der Waals surface area (Å²) in [4.78, 5) is 11.8. The molecule has 0 spiro atoms. The molecule has 0 aliphatic carbocycles. The van der Waals surface area contributed by atoms with E-state index in [0.29, 0.717) is 12.1 Å². The van der Waals surface area contributed by atoms with Gasteiger partial charge in [0, 0.05) is 24.1 Å². The molecule has 1 N–H and O–H groups in total. The SMILES string of the molecule is Cc1ccc(C#CCCCNC(=O)c2ccccc2)cc1. The maximum atomic E-state index is 11.8. The van der Waals surface area contributed by atoms with Crippen molar-refractivity contribution in [3.63, 3.8) is 0 Å². The van der Waals surface area contributed by atoms with E-state index < -0.39 is 0 Å². The first kappa shape index (κ1) is 14.9. The molecule has 2 aromatic rings. The van der Waals surface area contributed by atoms with Gasteiger partial charge in [0.2, 0.25) is 0 Å². The minimum absolute atomic E-state index is 0.0258. The second-order valence-corrected chi connectivity index (χ2v) is 4.89. The summed E-state index contributed by atoms with van der Waals surface area (Å²) in [6.07, 6.45) is 1.64. The Morgan fingerprint density at radius 3 is 2.48 bits per heavy atom. The van der Waals surface area contributed by atoms with Gasteiger partial charge < -0.3 is 5.32 Å². The highest BCUT2D eigenvalue weighted by molar-refractivity contribution is 5.94. The van der Waals surface area contributed by atoms with Crippen molar-refractivity contribution in [1.29, 1.82) is 0 Å². The Morgan fingerprint density at radius 1 is 1.05 bits per heavy atom. The van der Waals surface area contributed by atoms with E-state index in [4.69, 9.17) is 0 Å². The number of amides is 1. The molecule has 0 aliphatic heterocycles. The highest BCUT2D eigenvalue weighted by Crippen LogP contribution is 2.01. The molecule has 0 atom stereocenters. The van der Waals surface area contributed by atoms with Crippen LogP contribution in [0.1, 0.15) is 34.3 Å². The number of rotatable bonds is 4. The lowest BCUT2D eigenvalue weighted by Gasteiger charge is -2.03. The van der Waals surface area contributed by atoms with E-state index >= 15 is 0 Å². The van der Waals surface area contributed by atoms with Gasteiger partial charge in [-0.3, -0.25) is 4.79 Å². The Labute approximate surface area is 126 Å². The molecule has 0 bridgehead atoms. The van der Waals surface area contributed by atoms with Crippen molar-refractivity contribution in [2.75, 3.05) is 6.54 Å². The van der Waals surface area contributed by atoms with E-state index in [0.717, 1.165) is 18.4 Å². The number of hydrogen-bond donors (Lipinski definition) is 1. The molecule has 2 heteroatoms. The highest BCUT2D eigenvalue weighted by Gasteiger charge is 2.01. The number of carbonyl (C=O) groups is 1. The lowest BCUT2D eigenvalue weighted by molar-refractivity contribution is 0.0953. The first-order chi connectivity index (χ1) is 10.3. The Hall–Kier alpha value is -2.53. The smallest absolute Gasteiger partial charge is 0.251 e. The molecular formula is C19H19NO. The summed E-state index contributed by atoms with van der Waals surface area (Å²) in [5, 5.41) is 2.90. The van der Waals surface area contributed by atoms with Gasteiger partial charge in [0.05, 0.1) is 0 Å². The Balaban J connectivity index is 1.69. The predicted molar refractivity (Wildman–Crippen MR) is 86.1 cm³/mol. The highest BCUT2D eigenvalue weighted by atomic mass is 16.1. The van der Waals surface area contributed by atoms with Gasteiger partial charge >= 0.3 is 0 Å². The molecule has 2 rings (SSSR count). The van der Waals surface area contributed by atoms with Crippen LogP contribution in [-0.2, 0) is 0 Å². The van der Waals surface area contributed by atoms with Crippen LogP contribution in [0.15, 0.2) is 54.6 Å². The number of nitrogens with one attached hydrogen (secondary N) is 1. The molecule has 106 valence electrons. The summed E-state index contributed by atoms with van der Waals surface area (Å²) >= 11 is 0. The van der Waals surface area contributed by atoms with E-state index in [-0.39, 0.29) is 5.91 Å². The molecule has 0 unspecified atom stereocenters. The number of unbranched alkanes of at least 4 members (excludes halogenated alkanes) is 1. The topological polar surface area (TPSA) is 29.1 Å². The van der Waals surface area contributed by atoms with Gasteiger partial charge in [-0.05, 0) is 37.6 Å². The fourth-order valence-electron chi connectivity index (χ4n) is 1.87. The first-order valence-electron chi connectivity index (χ1n) is 7.14. The molecule has 21 heavy (non-hydrogen) atoms. The maximum Gasteiger partial charge on any atom is 0.251 e. The predicted octanol–water partition coefficient (Wildman–Crippen LogP) is 3.56. The summed E-state index contributed by atoms with van der Waals surface area (Å²) in [5.41, 5.74) is 2.97. The van der Waals surface area contributed by atoms with Crippen molar-refractivity contribution in [2.45, 2.75) is 19.8 Å². The lowest BCUT2D eigenvalue weighted by atomic mass is 10.1. The summed E-state index contributed by atoms with van der Waals surface area (Å²) in [7, 11) is 0. The fraction of sp³-hybridized carbons (Fsp3) is 0.211. The van der Waals surface area contributed by atoms with Crippen LogP contribution in [0.3, 0.4) is 0 Å². The van der Waals surface area contributed by atoms with Gasteiger partial charge in [-0.15, -0.1) is 0 Å². The van der Waals surface area contributed by atoms with Crippen LogP contribution in [0, 0.1) is 18.8 Å². The number of aryl methyl sites for hydroxylation is 1. The maximum absolute atomic E-state index is 11.8. The molecule has 0 fully saturated rings. The molecule has 0 heterocycles. The number of hydrogen-bond acceptors (Lipinski definition) is 1. The van der Waals surface area contributed by atoms with E-state index in [9.17, 15) is 4.79 Å². The monoisotopic (exact) mass is 277 g/mol. The second kappa shape index (κ2) is 7.91. The van der Waals surface area contributed by atoms with Gasteiger partial charge in [0.1, 0.15) is 0 Å². The van der Waals surface area contributed by atoms with Gasteiger partial charge in [0.15, 0.2) is 0 Å². The van der Waals surface area contributed by atoms with Crippen LogP contribution in [0.5, 0.6) is 0 Å². The Bertz CT molecular complexity index is 633. The Morgan fingerprint density at radius 2 is 1.76 bits per heavy atom. The van der Waals surface area contributed by atoms with Gasteiger partial charge in [0.25, 0.3) is 5.91 Å². The minimum Gasteiger partial charge on any atom is -0.352 e. The third-order valence-corrected chi connectivity index (χ3v) is 3.08. The summed E-state index contributed by atoms with van der Waals surface area (Å²) in [6, 6.07) is 17.4. The van der Waals surface area contributed by atoms with Crippen LogP contribution < -0.4 is 5.32 Å². The molecule has 2 aromatic carbocycles. The molecule has 0 saturated heterocycles. The van der Waals surface area contributed by atoms with Crippen molar-refractivity contribution >= 4 is 5.91 Å². The minimum atomic E-state index is -0.0258. The quantitative estimate of drug-likeness (QED) is 0.672. The fourth-order valence-corrected chi connectivity index (χ4v) is 1.87. The standard InChI is InChI=1S/C19H19NO/c1-16-11-13-17(14-12-16)8-4-3-7-15-20-19(21)18-9-5-2-6-10-18/h2,5-6,9-14H,3,7,15H2,1H3,(H,20,21). The van der Waals surface area contributed by atoms with Crippen LogP contribution in [0.2, 0.25) is 0 Å². The summed E-state index contributed by atoms with van der Waals surface area (Å²) in [5.74, 6) is 6.24. The zero-order chi connectivity index (χ0) is 14.9. The molecule has 0 saturated carbocycles. The first-order valence-corrected chi connectivity index (χ1v) is 7.14. The number of benzene rings is 2. The number of carbonyl (C=O) groups excluding carboxylic acids is 1. The second-order valence-electron chi connectivity index (χ2n) is 4.89. The van der Waals surface area contributed by atoms with Crippen molar-refractivity contribution < 1.29 is 4.79 Å². The van der Waals surface area contributed by atoms with Crippen molar-refractivity contribution in [1.82, 2.24) is 5.32 Å². The molecule has 0 aromatic heterocycles. The van der Waals surface area contributed by atoms with Gasteiger partial charge in [-0.1, -0.05) is 47.7 Å². The third-order valence-electron chi connectivity index (χ3n) is 3.08. The molecule has 0 radical (unpaired) electrons. The summed E-state index contributed by atoms with van der Waals surface area (Å²) in [6.45, 7) is 2.71. The van der Waals surface area contributed by atoms with Crippen molar-refractivity contribution in [2.24, 2.45) is 0 Å². The van der Waals surface area contributed by atoms with Gasteiger partial charge in [-0.2, -0.15) is 0 Å². The summed E-state index contributed by atoms with van der Waals surface area (Å²) < 4.78 is 0. The molecule has 0 aliphatic rings. The van der Waals surface area contributed by atoms with E-state index in [1.807, 2.05) is 42.5 Å². The van der Waals surface area contributed by atoms with E-state index in [1.165, 1.54) is 5.56 Å². The zero-order valence-electron chi connectivity index (χ0n) is 12.2. The largest absolute Gasteiger partial charge is 0.352 e. The molecule has 1 amide bonds. The Kier molecular flexibility index (Phi) is 5.60. The van der Waals surface area contributed by atoms with Crippen molar-refractivity contribution in [3.05, 3.63) is 71.3 Å². The lowest BCUT2D eigenvalue weighted by Crippen LogP contribution is -2.24. The van der Waals surface area contributed by atoms with Gasteiger partial charge in [-0.25, -0.2) is 0 Å². The average Bonchev–Trinajstić information content (AvgIpc) is 2.53. The average molecular weight is 277 g/mol. The van der Waals surface area contributed by atoms with Crippen LogP contribution in [0.25, 0.3) is 0 Å². The van der Waals surface area contributed by atoms with Crippen molar-refractivity contribution in [3.8, 4) is 11.8 Å². The third kappa shape index (κ3) is 5.16. The van der Waals surface area contributed by atoms with Crippen LogP contribution in [-0.4, -0.2) is 12.5 Å². The van der Waals surface area contributed by atoms with E-state index in [1.54, 1.807) is 0 Å². The molecular weight excluding hydrogens is 258 g/mol. The normalized spacial score (nSPS) is 9.57. The van der Waals surface area contributed by atoms with E-state index in [2.05, 4.69) is 36.2 Å². The van der Waals surface area contributed by atoms with Crippen LogP contribution >= 0.6 is 0 Å². The van der Waals surface area contributed by atoms with Crippen LogP contribution in [0.4, 0.5) is 0 Å². The zero-order valence-corrected chi connectivity index (χ0v) is 12.2. The molecule has 2 nitrogen and oxygen atoms in total.